The third kappa shape index (κ3) is 2.34. The molecule has 1 fully saturated rings. The van der Waals surface area contributed by atoms with Gasteiger partial charge in [0.25, 0.3) is 0 Å². The summed E-state index contributed by atoms with van der Waals surface area (Å²) >= 11 is 0. The van der Waals surface area contributed by atoms with Crippen LogP contribution in [0.4, 0.5) is 0 Å². The van der Waals surface area contributed by atoms with Crippen molar-refractivity contribution < 1.29 is 9.53 Å². The standard InChI is InChI=1S/C7H13NO2.ClH/c1-10-7(9)5-3-2-4-6(5)8;/h5-6H,2-4,8H2,1H3;1H/t5-,6-;/m1./s1. The number of nitrogens with two attached hydrogens (primary N) is 1. The van der Waals surface area contributed by atoms with Gasteiger partial charge in [-0.05, 0) is 12.8 Å². The van der Waals surface area contributed by atoms with Gasteiger partial charge in [-0.15, -0.1) is 12.4 Å². The average molecular weight is 180 g/mol. The topological polar surface area (TPSA) is 52.3 Å². The zero-order valence-electron chi connectivity index (χ0n) is 6.58. The third-order valence-corrected chi connectivity index (χ3v) is 2.07. The Labute approximate surface area is 72.7 Å². The van der Waals surface area contributed by atoms with Crippen LogP contribution in [0, 0.1) is 5.92 Å². The lowest BCUT2D eigenvalue weighted by molar-refractivity contribution is -0.145. The Bertz CT molecular complexity index is 140. The van der Waals surface area contributed by atoms with Crippen LogP contribution in [0.5, 0.6) is 0 Å². The zero-order valence-corrected chi connectivity index (χ0v) is 7.39. The highest BCUT2D eigenvalue weighted by Crippen LogP contribution is 2.24. The second-order valence-electron chi connectivity index (χ2n) is 2.72. The minimum Gasteiger partial charge on any atom is -0.469 e. The Hall–Kier alpha value is -0.280. The minimum absolute atomic E-state index is 0. The first-order chi connectivity index (χ1) is 4.75. The van der Waals surface area contributed by atoms with E-state index in [0.717, 1.165) is 19.3 Å². The molecule has 1 aliphatic rings. The van der Waals surface area contributed by atoms with Crippen LogP contribution < -0.4 is 5.73 Å². The van der Waals surface area contributed by atoms with Gasteiger partial charge in [0.05, 0.1) is 13.0 Å². The van der Waals surface area contributed by atoms with E-state index in [2.05, 4.69) is 4.74 Å². The van der Waals surface area contributed by atoms with Crippen molar-refractivity contribution in [3.05, 3.63) is 0 Å². The molecule has 2 atom stereocenters. The molecule has 0 heterocycles. The summed E-state index contributed by atoms with van der Waals surface area (Å²) in [6, 6.07) is 0.0347. The van der Waals surface area contributed by atoms with E-state index in [1.165, 1.54) is 7.11 Å². The summed E-state index contributed by atoms with van der Waals surface area (Å²) in [6.07, 6.45) is 2.91. The van der Waals surface area contributed by atoms with Crippen molar-refractivity contribution in [3.63, 3.8) is 0 Å². The molecule has 1 aliphatic carbocycles. The molecule has 0 spiro atoms. The SMILES string of the molecule is COC(=O)[C@@H]1CCC[C@H]1N.Cl. The molecule has 0 aromatic rings. The number of esters is 1. The van der Waals surface area contributed by atoms with Crippen molar-refractivity contribution in [2.45, 2.75) is 25.3 Å². The molecule has 0 aromatic carbocycles. The average Bonchev–Trinajstić information content (AvgIpc) is 2.34. The molecule has 4 heteroatoms. The Kier molecular flexibility index (Phi) is 4.45. The van der Waals surface area contributed by atoms with Crippen LogP contribution in [-0.2, 0) is 9.53 Å². The number of ether oxygens (including phenoxy) is 1. The molecule has 0 bridgehead atoms. The van der Waals surface area contributed by atoms with E-state index in [1.54, 1.807) is 0 Å². The molecule has 1 saturated carbocycles. The fourth-order valence-corrected chi connectivity index (χ4v) is 1.43. The van der Waals surface area contributed by atoms with Gasteiger partial charge in [0.1, 0.15) is 0 Å². The number of carbonyl (C=O) groups excluding carboxylic acids is 1. The van der Waals surface area contributed by atoms with Crippen LogP contribution in [0.2, 0.25) is 0 Å². The largest absolute Gasteiger partial charge is 0.469 e. The summed E-state index contributed by atoms with van der Waals surface area (Å²) in [4.78, 5) is 10.9. The van der Waals surface area contributed by atoms with Crippen LogP contribution in [-0.4, -0.2) is 19.1 Å². The third-order valence-electron chi connectivity index (χ3n) is 2.07. The molecule has 0 amide bonds. The number of hydrogen-bond acceptors (Lipinski definition) is 3. The summed E-state index contributed by atoms with van der Waals surface area (Å²) < 4.78 is 4.59. The van der Waals surface area contributed by atoms with Gasteiger partial charge in [-0.25, -0.2) is 0 Å². The van der Waals surface area contributed by atoms with Gasteiger partial charge in [0.15, 0.2) is 0 Å². The highest BCUT2D eigenvalue weighted by Gasteiger charge is 2.30. The minimum atomic E-state index is -0.148. The van der Waals surface area contributed by atoms with Crippen LogP contribution in [0.15, 0.2) is 0 Å². The van der Waals surface area contributed by atoms with Crippen molar-refractivity contribution in [2.24, 2.45) is 11.7 Å². The van der Waals surface area contributed by atoms with Crippen molar-refractivity contribution in [2.75, 3.05) is 7.11 Å². The molecule has 2 N–H and O–H groups in total. The maximum Gasteiger partial charge on any atom is 0.310 e. The maximum atomic E-state index is 10.9. The molecule has 3 nitrogen and oxygen atoms in total. The van der Waals surface area contributed by atoms with Gasteiger partial charge in [-0.1, -0.05) is 6.42 Å². The monoisotopic (exact) mass is 179 g/mol. The molecule has 0 saturated heterocycles. The number of halogens is 1. The maximum absolute atomic E-state index is 10.9. The molecule has 0 aliphatic heterocycles. The van der Waals surface area contributed by atoms with E-state index < -0.39 is 0 Å². The predicted octanol–water partition coefficient (Wildman–Crippen LogP) is 0.709. The quantitative estimate of drug-likeness (QED) is 0.604. The summed E-state index contributed by atoms with van der Waals surface area (Å²) in [6.45, 7) is 0. The molecular weight excluding hydrogens is 166 g/mol. The van der Waals surface area contributed by atoms with Crippen LogP contribution >= 0.6 is 12.4 Å². The first-order valence-electron chi connectivity index (χ1n) is 3.59. The second kappa shape index (κ2) is 4.57. The van der Waals surface area contributed by atoms with Gasteiger partial charge >= 0.3 is 5.97 Å². The van der Waals surface area contributed by atoms with E-state index in [1.807, 2.05) is 0 Å². The fraction of sp³-hybridized carbons (Fsp3) is 0.857. The van der Waals surface area contributed by atoms with Crippen LogP contribution in [0.1, 0.15) is 19.3 Å². The van der Waals surface area contributed by atoms with Crippen LogP contribution in [0.3, 0.4) is 0 Å². The van der Waals surface area contributed by atoms with Gasteiger partial charge in [-0.3, -0.25) is 4.79 Å². The summed E-state index contributed by atoms with van der Waals surface area (Å²) in [5, 5.41) is 0. The van der Waals surface area contributed by atoms with Crippen LogP contribution in [0.25, 0.3) is 0 Å². The molecule has 11 heavy (non-hydrogen) atoms. The number of carbonyl (C=O) groups is 1. The molecule has 0 aromatic heterocycles. The van der Waals surface area contributed by atoms with E-state index in [9.17, 15) is 4.79 Å². The Morgan fingerprint density at radius 1 is 1.55 bits per heavy atom. The van der Waals surface area contributed by atoms with Gasteiger partial charge < -0.3 is 10.5 Å². The molecule has 0 radical (unpaired) electrons. The highest BCUT2D eigenvalue weighted by molar-refractivity contribution is 5.85. The molecule has 1 rings (SSSR count). The van der Waals surface area contributed by atoms with E-state index in [4.69, 9.17) is 5.73 Å². The highest BCUT2D eigenvalue weighted by atomic mass is 35.5. The molecule has 0 unspecified atom stereocenters. The Morgan fingerprint density at radius 3 is 2.55 bits per heavy atom. The zero-order chi connectivity index (χ0) is 7.56. The normalized spacial score (nSPS) is 29.3. The first kappa shape index (κ1) is 10.7. The van der Waals surface area contributed by atoms with Crippen molar-refractivity contribution in [3.8, 4) is 0 Å². The van der Waals surface area contributed by atoms with E-state index in [-0.39, 0.29) is 30.3 Å². The number of hydrogen-bond donors (Lipinski definition) is 1. The van der Waals surface area contributed by atoms with Crippen molar-refractivity contribution >= 4 is 18.4 Å². The number of methoxy groups -OCH3 is 1. The fourth-order valence-electron chi connectivity index (χ4n) is 1.43. The molecule has 66 valence electrons. The van der Waals surface area contributed by atoms with Gasteiger partial charge in [0.2, 0.25) is 0 Å². The lowest BCUT2D eigenvalue weighted by atomic mass is 10.1. The van der Waals surface area contributed by atoms with E-state index in [0.29, 0.717) is 0 Å². The Morgan fingerprint density at radius 2 is 2.18 bits per heavy atom. The van der Waals surface area contributed by atoms with Gasteiger partial charge in [0, 0.05) is 6.04 Å². The predicted molar refractivity (Wildman–Crippen MR) is 44.6 cm³/mol. The van der Waals surface area contributed by atoms with Gasteiger partial charge in [-0.2, -0.15) is 0 Å². The Balaban J connectivity index is 0.000001000. The lowest BCUT2D eigenvalue weighted by Gasteiger charge is -2.11. The lowest BCUT2D eigenvalue weighted by Crippen LogP contribution is -2.31. The first-order valence-corrected chi connectivity index (χ1v) is 3.59. The number of rotatable bonds is 1. The summed E-state index contributed by atoms with van der Waals surface area (Å²) in [5.41, 5.74) is 5.65. The second-order valence-corrected chi connectivity index (χ2v) is 2.72. The smallest absolute Gasteiger partial charge is 0.310 e. The van der Waals surface area contributed by atoms with Crippen molar-refractivity contribution in [1.82, 2.24) is 0 Å². The van der Waals surface area contributed by atoms with E-state index >= 15 is 0 Å². The molecular formula is C7H14ClNO2. The van der Waals surface area contributed by atoms with Crippen molar-refractivity contribution in [1.29, 1.82) is 0 Å². The summed E-state index contributed by atoms with van der Waals surface area (Å²) in [7, 11) is 1.41. The summed E-state index contributed by atoms with van der Waals surface area (Å²) in [5.74, 6) is -0.185.